The number of nitrogens with one attached hydrogen (secondary N) is 1. The molecule has 1 heterocycles. The molecule has 1 fully saturated rings. The van der Waals surface area contributed by atoms with Gasteiger partial charge in [0.05, 0.1) is 5.69 Å². The average Bonchev–Trinajstić information content (AvgIpc) is 2.73. The number of amides is 2. The molecule has 1 aromatic rings. The Morgan fingerprint density at radius 1 is 1.29 bits per heavy atom. The van der Waals surface area contributed by atoms with Gasteiger partial charge in [0.1, 0.15) is 6.54 Å². The molecular formula is C17H21BrN2O4. The predicted octanol–water partition coefficient (Wildman–Crippen LogP) is 2.64. The minimum Gasteiger partial charge on any atom is -0.454 e. The highest BCUT2D eigenvalue weighted by atomic mass is 79.9. The largest absolute Gasteiger partial charge is 0.454 e. The Hall–Kier alpha value is -1.89. The summed E-state index contributed by atoms with van der Waals surface area (Å²) in [6.45, 7) is 2.04. The van der Waals surface area contributed by atoms with Gasteiger partial charge >= 0.3 is 5.97 Å². The van der Waals surface area contributed by atoms with Gasteiger partial charge in [-0.25, -0.2) is 0 Å². The first-order valence-electron chi connectivity index (χ1n) is 7.95. The lowest BCUT2D eigenvalue weighted by atomic mass is 10.2. The highest BCUT2D eigenvalue weighted by Crippen LogP contribution is 2.23. The van der Waals surface area contributed by atoms with Gasteiger partial charge < -0.3 is 15.0 Å². The van der Waals surface area contributed by atoms with Crippen molar-refractivity contribution in [2.75, 3.05) is 25.0 Å². The van der Waals surface area contributed by atoms with Gasteiger partial charge in [-0.3, -0.25) is 14.4 Å². The quantitative estimate of drug-likeness (QED) is 0.776. The average molecular weight is 397 g/mol. The molecule has 0 unspecified atom stereocenters. The standard InChI is InChI=1S/C17H21BrN2O4/c1-12-6-7-14(13(18)9-12)19-15(21)11-24-17(23)10-20-8-4-2-3-5-16(20)22/h6-7,9H,2-5,8,10-11H2,1H3,(H,19,21). The van der Waals surface area contributed by atoms with Gasteiger partial charge in [0.15, 0.2) is 6.61 Å². The summed E-state index contributed by atoms with van der Waals surface area (Å²) in [7, 11) is 0. The van der Waals surface area contributed by atoms with E-state index >= 15 is 0 Å². The highest BCUT2D eigenvalue weighted by molar-refractivity contribution is 9.10. The molecule has 1 aliphatic rings. The number of hydrogen-bond donors (Lipinski definition) is 1. The van der Waals surface area contributed by atoms with E-state index in [0.717, 1.165) is 29.3 Å². The molecule has 1 aliphatic heterocycles. The molecule has 2 amide bonds. The number of likely N-dealkylation sites (tertiary alicyclic amines) is 1. The predicted molar refractivity (Wildman–Crippen MR) is 93.5 cm³/mol. The third-order valence-corrected chi connectivity index (χ3v) is 4.41. The molecule has 6 nitrogen and oxygen atoms in total. The van der Waals surface area contributed by atoms with Crippen LogP contribution in [0, 0.1) is 6.92 Å². The number of ether oxygens (including phenoxy) is 1. The summed E-state index contributed by atoms with van der Waals surface area (Å²) in [5, 5.41) is 2.67. The van der Waals surface area contributed by atoms with Crippen molar-refractivity contribution in [3.05, 3.63) is 28.2 Å². The first-order valence-corrected chi connectivity index (χ1v) is 8.74. The fraction of sp³-hybridized carbons (Fsp3) is 0.471. The Kier molecular flexibility index (Phi) is 6.78. The van der Waals surface area contributed by atoms with E-state index in [0.29, 0.717) is 18.7 Å². The van der Waals surface area contributed by atoms with Crippen LogP contribution in [0.2, 0.25) is 0 Å². The van der Waals surface area contributed by atoms with Crippen molar-refractivity contribution in [3.8, 4) is 0 Å². The molecule has 0 spiro atoms. The number of halogens is 1. The molecule has 1 saturated heterocycles. The number of rotatable bonds is 5. The zero-order valence-corrected chi connectivity index (χ0v) is 15.2. The molecule has 1 aromatic carbocycles. The summed E-state index contributed by atoms with van der Waals surface area (Å²) < 4.78 is 5.73. The maximum atomic E-state index is 11.9. The topological polar surface area (TPSA) is 75.7 Å². The molecule has 2 rings (SSSR count). The molecule has 7 heteroatoms. The number of aryl methyl sites for hydroxylation is 1. The van der Waals surface area contributed by atoms with Crippen molar-refractivity contribution in [1.82, 2.24) is 4.90 Å². The molecule has 0 radical (unpaired) electrons. The van der Waals surface area contributed by atoms with Crippen molar-refractivity contribution in [2.24, 2.45) is 0 Å². The molecule has 0 saturated carbocycles. The number of carbonyl (C=O) groups is 3. The van der Waals surface area contributed by atoms with Crippen molar-refractivity contribution in [1.29, 1.82) is 0 Å². The van der Waals surface area contributed by atoms with Crippen LogP contribution in [0.5, 0.6) is 0 Å². The Bertz CT molecular complexity index is 633. The van der Waals surface area contributed by atoms with Crippen LogP contribution in [-0.4, -0.2) is 42.4 Å². The molecule has 0 aliphatic carbocycles. The second kappa shape index (κ2) is 8.82. The Morgan fingerprint density at radius 3 is 2.83 bits per heavy atom. The summed E-state index contributed by atoms with van der Waals surface area (Å²) in [6, 6.07) is 5.53. The lowest BCUT2D eigenvalue weighted by molar-refractivity contribution is -0.151. The first-order chi connectivity index (χ1) is 11.5. The van der Waals surface area contributed by atoms with Crippen LogP contribution in [0.25, 0.3) is 0 Å². The van der Waals surface area contributed by atoms with Crippen LogP contribution >= 0.6 is 15.9 Å². The van der Waals surface area contributed by atoms with Crippen LogP contribution in [0.1, 0.15) is 31.2 Å². The van der Waals surface area contributed by atoms with Crippen molar-refractivity contribution >= 4 is 39.4 Å². The second-order valence-corrected chi connectivity index (χ2v) is 6.67. The van der Waals surface area contributed by atoms with Crippen molar-refractivity contribution in [3.63, 3.8) is 0 Å². The Balaban J connectivity index is 1.78. The van der Waals surface area contributed by atoms with Gasteiger partial charge in [-0.2, -0.15) is 0 Å². The van der Waals surface area contributed by atoms with Gasteiger partial charge in [-0.15, -0.1) is 0 Å². The normalized spacial score (nSPS) is 14.9. The van der Waals surface area contributed by atoms with Crippen LogP contribution < -0.4 is 5.32 Å². The van der Waals surface area contributed by atoms with Crippen LogP contribution in [0.4, 0.5) is 5.69 Å². The third-order valence-electron chi connectivity index (χ3n) is 3.75. The van der Waals surface area contributed by atoms with Crippen LogP contribution in [0.15, 0.2) is 22.7 Å². The molecule has 0 atom stereocenters. The van der Waals surface area contributed by atoms with E-state index in [1.165, 1.54) is 4.90 Å². The fourth-order valence-electron chi connectivity index (χ4n) is 2.46. The van der Waals surface area contributed by atoms with E-state index in [2.05, 4.69) is 21.2 Å². The lowest BCUT2D eigenvalue weighted by Gasteiger charge is -2.19. The minimum atomic E-state index is -0.566. The second-order valence-electron chi connectivity index (χ2n) is 5.82. The van der Waals surface area contributed by atoms with Crippen molar-refractivity contribution < 1.29 is 19.1 Å². The number of carbonyl (C=O) groups excluding carboxylic acids is 3. The molecule has 0 bridgehead atoms. The monoisotopic (exact) mass is 396 g/mol. The first kappa shape index (κ1) is 18.4. The lowest BCUT2D eigenvalue weighted by Crippen LogP contribution is -2.36. The molecular weight excluding hydrogens is 376 g/mol. The number of benzene rings is 1. The van der Waals surface area contributed by atoms with Gasteiger partial charge in [0.25, 0.3) is 5.91 Å². The van der Waals surface area contributed by atoms with E-state index in [-0.39, 0.29) is 19.1 Å². The van der Waals surface area contributed by atoms with E-state index in [1.807, 2.05) is 19.1 Å². The number of nitrogens with zero attached hydrogens (tertiary/aromatic N) is 1. The van der Waals surface area contributed by atoms with E-state index in [9.17, 15) is 14.4 Å². The number of esters is 1. The summed E-state index contributed by atoms with van der Waals surface area (Å²) in [6.07, 6.45) is 3.21. The highest BCUT2D eigenvalue weighted by Gasteiger charge is 2.20. The summed E-state index contributed by atoms with van der Waals surface area (Å²) in [5.41, 5.74) is 1.68. The van der Waals surface area contributed by atoms with E-state index < -0.39 is 11.9 Å². The molecule has 130 valence electrons. The van der Waals surface area contributed by atoms with Crippen LogP contribution in [0.3, 0.4) is 0 Å². The zero-order chi connectivity index (χ0) is 17.5. The molecule has 1 N–H and O–H groups in total. The van der Waals surface area contributed by atoms with Gasteiger partial charge in [0.2, 0.25) is 5.91 Å². The number of hydrogen-bond acceptors (Lipinski definition) is 4. The van der Waals surface area contributed by atoms with E-state index in [4.69, 9.17) is 4.74 Å². The van der Waals surface area contributed by atoms with Gasteiger partial charge in [-0.1, -0.05) is 12.5 Å². The van der Waals surface area contributed by atoms with Crippen LogP contribution in [-0.2, 0) is 19.1 Å². The Labute approximate surface area is 149 Å². The van der Waals surface area contributed by atoms with Gasteiger partial charge in [-0.05, 0) is 53.4 Å². The van der Waals surface area contributed by atoms with Gasteiger partial charge in [0, 0.05) is 17.4 Å². The zero-order valence-electron chi connectivity index (χ0n) is 13.6. The Morgan fingerprint density at radius 2 is 2.08 bits per heavy atom. The summed E-state index contributed by atoms with van der Waals surface area (Å²) >= 11 is 3.37. The van der Waals surface area contributed by atoms with E-state index in [1.54, 1.807) is 6.07 Å². The third kappa shape index (κ3) is 5.63. The summed E-state index contributed by atoms with van der Waals surface area (Å²) in [4.78, 5) is 37.0. The number of anilines is 1. The maximum absolute atomic E-state index is 11.9. The smallest absolute Gasteiger partial charge is 0.326 e. The molecule has 24 heavy (non-hydrogen) atoms. The van der Waals surface area contributed by atoms with Crippen molar-refractivity contribution in [2.45, 2.75) is 32.6 Å². The fourth-order valence-corrected chi connectivity index (χ4v) is 3.05. The molecule has 0 aromatic heterocycles. The minimum absolute atomic E-state index is 0.0301. The summed E-state index contributed by atoms with van der Waals surface area (Å²) in [5.74, 6) is -1.02. The maximum Gasteiger partial charge on any atom is 0.326 e. The SMILES string of the molecule is Cc1ccc(NC(=O)COC(=O)CN2CCCCCC2=O)c(Br)c1.